The van der Waals surface area contributed by atoms with E-state index in [4.69, 9.17) is 4.74 Å². The lowest BCUT2D eigenvalue weighted by Gasteiger charge is -2.29. The van der Waals surface area contributed by atoms with Gasteiger partial charge in [0.25, 0.3) is 0 Å². The highest BCUT2D eigenvalue weighted by Crippen LogP contribution is 2.32. The summed E-state index contributed by atoms with van der Waals surface area (Å²) in [4.78, 5) is 43.0. The lowest BCUT2D eigenvalue weighted by Crippen LogP contribution is -2.51. The largest absolute Gasteiger partial charge is 0.453 e. The highest BCUT2D eigenvalue weighted by Gasteiger charge is 2.37. The van der Waals surface area contributed by atoms with Crippen molar-refractivity contribution in [1.82, 2.24) is 35.5 Å². The Labute approximate surface area is 311 Å². The number of H-pyrrole nitrogens is 2. The molecule has 2 aliphatic heterocycles. The van der Waals surface area contributed by atoms with Crippen molar-refractivity contribution < 1.29 is 14.3 Å². The van der Waals surface area contributed by atoms with Crippen LogP contribution in [-0.4, -0.2) is 63.1 Å². The van der Waals surface area contributed by atoms with Gasteiger partial charge < -0.3 is 30.2 Å². The summed E-state index contributed by atoms with van der Waals surface area (Å²) >= 11 is 0. The van der Waals surface area contributed by atoms with Crippen molar-refractivity contribution in [3.63, 3.8) is 0 Å². The molecule has 10 nitrogen and oxygen atoms in total. The minimum Gasteiger partial charge on any atom is -0.453 e. The number of likely N-dealkylation sites (tertiary alicyclic amines) is 1. The molecule has 2 unspecified atom stereocenters. The number of halogens is 3. The third-order valence-corrected chi connectivity index (χ3v) is 8.70. The molecule has 2 fully saturated rings. The van der Waals surface area contributed by atoms with Crippen LogP contribution in [0, 0.1) is 29.6 Å². The van der Waals surface area contributed by atoms with Gasteiger partial charge in [0.2, 0.25) is 5.91 Å². The highest BCUT2D eigenvalue weighted by atomic mass is 35.5. The lowest BCUT2D eigenvalue weighted by atomic mass is 9.96. The van der Waals surface area contributed by atoms with Gasteiger partial charge in [0.1, 0.15) is 23.4 Å². The van der Waals surface area contributed by atoms with Crippen molar-refractivity contribution in [2.24, 2.45) is 5.92 Å². The number of nitrogens with one attached hydrogen (secondary N) is 4. The first-order valence-corrected chi connectivity index (χ1v) is 16.1. The van der Waals surface area contributed by atoms with Crippen molar-refractivity contribution in [2.75, 3.05) is 20.2 Å². The van der Waals surface area contributed by atoms with Crippen LogP contribution in [0.2, 0.25) is 0 Å². The summed E-state index contributed by atoms with van der Waals surface area (Å²) in [6, 6.07) is 15.8. The molecule has 2 aliphatic rings. The summed E-state index contributed by atoms with van der Waals surface area (Å²) in [5, 5.41) is 6.18. The van der Waals surface area contributed by atoms with Gasteiger partial charge in [-0.25, -0.2) is 14.8 Å². The molecule has 0 radical (unpaired) electrons. The second kappa shape index (κ2) is 18.5. The fourth-order valence-corrected chi connectivity index (χ4v) is 6.22. The van der Waals surface area contributed by atoms with Gasteiger partial charge in [-0.1, -0.05) is 56.2 Å². The molecule has 50 heavy (non-hydrogen) atoms. The van der Waals surface area contributed by atoms with E-state index in [0.717, 1.165) is 66.0 Å². The number of ether oxygens (including phenoxy) is 1. The second-order valence-corrected chi connectivity index (χ2v) is 12.2. The van der Waals surface area contributed by atoms with Crippen molar-refractivity contribution in [3.05, 3.63) is 83.8 Å². The fraction of sp³-hybridized carbons (Fsp3) is 0.351. The maximum absolute atomic E-state index is 13.4. The van der Waals surface area contributed by atoms with Crippen molar-refractivity contribution >= 4 is 49.2 Å². The average molecular weight is 739 g/mol. The number of methoxy groups -OCH3 is 1. The lowest BCUT2D eigenvalue weighted by molar-refractivity contribution is -0.135. The Kier molecular flexibility index (Phi) is 14.8. The van der Waals surface area contributed by atoms with Crippen LogP contribution >= 0.6 is 37.2 Å². The van der Waals surface area contributed by atoms with E-state index in [1.807, 2.05) is 44.3 Å². The van der Waals surface area contributed by atoms with Gasteiger partial charge in [0.05, 0.1) is 37.3 Å². The number of imidazole rings is 2. The SMILES string of the molecule is COC(=O)N[C@H](C(=O)N1CCCC1c1ncc(C#CC#Cc2ccc(-c3cnc(C4CCCN4)[nH]3)cc2-c2ccccc2)[nH]1)C(C)C.Cl.Cl.Cl. The van der Waals surface area contributed by atoms with E-state index in [-0.39, 0.29) is 61.1 Å². The minimum atomic E-state index is -0.687. The number of alkyl carbamates (subject to hydrolysis) is 1. The summed E-state index contributed by atoms with van der Waals surface area (Å²) in [5.74, 6) is 13.7. The van der Waals surface area contributed by atoms with Crippen LogP contribution in [0.25, 0.3) is 22.4 Å². The average Bonchev–Trinajstić information content (AvgIpc) is 3.92. The van der Waals surface area contributed by atoms with Gasteiger partial charge in [-0.2, -0.15) is 0 Å². The molecule has 0 aliphatic carbocycles. The van der Waals surface area contributed by atoms with E-state index in [1.54, 1.807) is 11.1 Å². The zero-order valence-electron chi connectivity index (χ0n) is 28.1. The summed E-state index contributed by atoms with van der Waals surface area (Å²) in [7, 11) is 1.29. The first kappa shape index (κ1) is 40.0. The van der Waals surface area contributed by atoms with Gasteiger partial charge in [-0.3, -0.25) is 4.79 Å². The maximum atomic E-state index is 13.4. The minimum absolute atomic E-state index is 0. The van der Waals surface area contributed by atoms with Crippen molar-refractivity contribution in [1.29, 1.82) is 0 Å². The number of aromatic nitrogens is 4. The molecule has 0 bridgehead atoms. The number of carbonyl (C=O) groups is 2. The summed E-state index contributed by atoms with van der Waals surface area (Å²) in [6.07, 6.45) is 6.80. The molecule has 264 valence electrons. The maximum Gasteiger partial charge on any atom is 0.407 e. The first-order chi connectivity index (χ1) is 22.9. The molecule has 2 saturated heterocycles. The smallest absolute Gasteiger partial charge is 0.407 e. The summed E-state index contributed by atoms with van der Waals surface area (Å²) in [5.41, 5.74) is 5.59. The number of nitrogens with zero attached hydrogens (tertiary/aromatic N) is 3. The third-order valence-electron chi connectivity index (χ3n) is 8.70. The predicted octanol–water partition coefficient (Wildman–Crippen LogP) is 6.60. The van der Waals surface area contributed by atoms with Gasteiger partial charge >= 0.3 is 6.09 Å². The van der Waals surface area contributed by atoms with Crippen LogP contribution < -0.4 is 10.6 Å². The quantitative estimate of drug-likeness (QED) is 0.158. The van der Waals surface area contributed by atoms with Gasteiger partial charge in [0, 0.05) is 17.7 Å². The molecule has 6 rings (SSSR count). The van der Waals surface area contributed by atoms with Gasteiger partial charge in [0.15, 0.2) is 0 Å². The molecule has 0 spiro atoms. The van der Waals surface area contributed by atoms with E-state index in [0.29, 0.717) is 18.1 Å². The number of hydrogen-bond acceptors (Lipinski definition) is 6. The second-order valence-electron chi connectivity index (χ2n) is 12.2. The Balaban J connectivity index is 0.00000225. The number of hydrogen-bond donors (Lipinski definition) is 4. The number of amides is 2. The number of aromatic amines is 2. The standard InChI is InChI=1S/C37H39N7O3.3ClH/c1-24(2)33(43-37(46)47-3)36(45)44-20-10-16-32(44)35-39-22-28(41-35)14-8-7-13-26-17-18-27(21-29(26)25-11-5-4-6-12-25)31-23-40-34(42-31)30-15-9-19-38-30;;;/h4-6,11-12,17-18,21-24,30,32-33,38H,9-10,15-16,19-20H2,1-3H3,(H,39,41)(H,40,42)(H,43,46);3*1H/t30?,32?,33-;;;/m0.../s1. The molecular formula is C37H42Cl3N7O3. The van der Waals surface area contributed by atoms with Gasteiger partial charge in [-0.05, 0) is 79.2 Å². The monoisotopic (exact) mass is 737 g/mol. The fourth-order valence-electron chi connectivity index (χ4n) is 6.22. The molecular weight excluding hydrogens is 697 g/mol. The first-order valence-electron chi connectivity index (χ1n) is 16.1. The summed E-state index contributed by atoms with van der Waals surface area (Å²) < 4.78 is 4.73. The molecule has 13 heteroatoms. The summed E-state index contributed by atoms with van der Waals surface area (Å²) in [6.45, 7) is 5.40. The van der Waals surface area contributed by atoms with E-state index >= 15 is 0 Å². The van der Waals surface area contributed by atoms with Gasteiger partial charge in [-0.15, -0.1) is 37.2 Å². The number of rotatable bonds is 7. The topological polar surface area (TPSA) is 128 Å². The zero-order valence-corrected chi connectivity index (χ0v) is 30.6. The van der Waals surface area contributed by atoms with Crippen LogP contribution in [0.1, 0.15) is 74.5 Å². The van der Waals surface area contributed by atoms with Crippen molar-refractivity contribution in [2.45, 2.75) is 57.7 Å². The molecule has 2 aromatic heterocycles. The molecule has 0 saturated carbocycles. The van der Waals surface area contributed by atoms with Crippen LogP contribution in [0.3, 0.4) is 0 Å². The Morgan fingerprint density at radius 2 is 1.68 bits per heavy atom. The van der Waals surface area contributed by atoms with Crippen LogP contribution in [-0.2, 0) is 9.53 Å². The molecule has 2 aromatic carbocycles. The molecule has 4 heterocycles. The zero-order chi connectivity index (χ0) is 32.8. The van der Waals surface area contributed by atoms with Crippen molar-refractivity contribution in [3.8, 4) is 46.1 Å². The highest BCUT2D eigenvalue weighted by molar-refractivity contribution is 5.86. The third kappa shape index (κ3) is 9.21. The Bertz CT molecular complexity index is 1860. The van der Waals surface area contributed by atoms with E-state index in [1.165, 1.54) is 7.11 Å². The number of carbonyl (C=O) groups excluding carboxylic acids is 2. The normalized spacial score (nSPS) is 16.8. The Morgan fingerprint density at radius 1 is 0.920 bits per heavy atom. The van der Waals surface area contributed by atoms with Crippen LogP contribution in [0.15, 0.2) is 60.9 Å². The predicted molar refractivity (Wildman–Crippen MR) is 201 cm³/mol. The number of benzene rings is 2. The van der Waals surface area contributed by atoms with Crippen LogP contribution in [0.5, 0.6) is 0 Å². The van der Waals surface area contributed by atoms with E-state index in [9.17, 15) is 9.59 Å². The molecule has 2 amide bonds. The van der Waals surface area contributed by atoms with E-state index < -0.39 is 12.1 Å². The van der Waals surface area contributed by atoms with E-state index in [2.05, 4.69) is 78.5 Å². The Hall–Kier alpha value is -4.45. The molecule has 3 atom stereocenters. The molecule has 4 aromatic rings. The Morgan fingerprint density at radius 3 is 2.40 bits per heavy atom. The molecule has 4 N–H and O–H groups in total. The van der Waals surface area contributed by atoms with Crippen LogP contribution in [0.4, 0.5) is 4.79 Å².